The Hall–Kier alpha value is -3.10. The number of carbonyl (C=O) groups excluding carboxylic acids is 1. The van der Waals surface area contributed by atoms with Crippen molar-refractivity contribution in [2.75, 3.05) is 11.3 Å². The van der Waals surface area contributed by atoms with Gasteiger partial charge in [-0.15, -0.1) is 0 Å². The van der Waals surface area contributed by atoms with Gasteiger partial charge in [-0.25, -0.2) is 8.42 Å². The van der Waals surface area contributed by atoms with E-state index in [4.69, 9.17) is 16.3 Å². The molecule has 0 aliphatic rings. The van der Waals surface area contributed by atoms with Crippen LogP contribution in [-0.4, -0.2) is 25.9 Å². The van der Waals surface area contributed by atoms with Crippen LogP contribution in [0, 0.1) is 0 Å². The van der Waals surface area contributed by atoms with Crippen LogP contribution in [0.1, 0.15) is 5.56 Å². The zero-order chi connectivity index (χ0) is 20.7. The molecule has 1 heterocycles. The highest BCUT2D eigenvalue weighted by Crippen LogP contribution is 2.28. The number of nitrogens with zero attached hydrogens (tertiary/aromatic N) is 1. The molecule has 29 heavy (non-hydrogen) atoms. The van der Waals surface area contributed by atoms with Crippen molar-refractivity contribution < 1.29 is 17.9 Å². The Kier molecular flexibility index (Phi) is 6.69. The summed E-state index contributed by atoms with van der Waals surface area (Å²) in [6.45, 7) is 0.0699. The van der Waals surface area contributed by atoms with E-state index in [0.717, 1.165) is 5.56 Å². The van der Waals surface area contributed by atoms with Gasteiger partial charge in [-0.2, -0.15) is 0 Å². The summed E-state index contributed by atoms with van der Waals surface area (Å²) in [5, 5.41) is 2.78. The summed E-state index contributed by atoms with van der Waals surface area (Å²) in [5.74, 6) is -0.130. The summed E-state index contributed by atoms with van der Waals surface area (Å²) < 4.78 is 32.8. The summed E-state index contributed by atoms with van der Waals surface area (Å²) in [4.78, 5) is 15.9. The van der Waals surface area contributed by atoms with Gasteiger partial charge in [-0.05, 0) is 42.0 Å². The zero-order valence-electron chi connectivity index (χ0n) is 15.2. The fourth-order valence-electron chi connectivity index (χ4n) is 2.38. The van der Waals surface area contributed by atoms with E-state index in [1.807, 2.05) is 6.07 Å². The Labute approximate surface area is 173 Å². The Morgan fingerprint density at radius 2 is 1.86 bits per heavy atom. The highest BCUT2D eigenvalue weighted by Gasteiger charge is 2.16. The Bertz CT molecular complexity index is 1080. The molecule has 2 aromatic carbocycles. The van der Waals surface area contributed by atoms with Gasteiger partial charge in [0.25, 0.3) is 15.9 Å². The van der Waals surface area contributed by atoms with Crippen molar-refractivity contribution in [3.8, 4) is 5.75 Å². The molecule has 1 amide bonds. The van der Waals surface area contributed by atoms with Crippen molar-refractivity contribution in [1.29, 1.82) is 0 Å². The fraction of sp³-hybridized carbons (Fsp3) is 0.100. The van der Waals surface area contributed by atoms with Crippen molar-refractivity contribution in [1.82, 2.24) is 10.3 Å². The first-order valence-electron chi connectivity index (χ1n) is 8.60. The van der Waals surface area contributed by atoms with Gasteiger partial charge < -0.3 is 10.1 Å². The van der Waals surface area contributed by atoms with Crippen LogP contribution in [0.3, 0.4) is 0 Å². The highest BCUT2D eigenvalue weighted by atomic mass is 35.5. The highest BCUT2D eigenvalue weighted by molar-refractivity contribution is 7.92. The number of anilines is 1. The molecule has 2 N–H and O–H groups in total. The third kappa shape index (κ3) is 5.94. The normalized spacial score (nSPS) is 10.9. The minimum Gasteiger partial charge on any atom is -0.482 e. The van der Waals surface area contributed by atoms with Crippen LogP contribution in [0.5, 0.6) is 5.75 Å². The smallest absolute Gasteiger partial charge is 0.261 e. The molecular formula is C20H18ClN3O4S. The maximum atomic E-state index is 12.5. The van der Waals surface area contributed by atoms with Gasteiger partial charge in [0.2, 0.25) is 0 Å². The van der Waals surface area contributed by atoms with E-state index in [1.165, 1.54) is 18.2 Å². The number of pyridine rings is 1. The summed E-state index contributed by atoms with van der Waals surface area (Å²) in [6.07, 6.45) is 3.30. The van der Waals surface area contributed by atoms with Crippen LogP contribution < -0.4 is 14.8 Å². The van der Waals surface area contributed by atoms with E-state index in [9.17, 15) is 13.2 Å². The van der Waals surface area contributed by atoms with Crippen molar-refractivity contribution in [2.45, 2.75) is 11.4 Å². The van der Waals surface area contributed by atoms with Crippen molar-refractivity contribution >= 4 is 33.2 Å². The third-order valence-corrected chi connectivity index (χ3v) is 5.49. The molecule has 9 heteroatoms. The molecule has 0 bridgehead atoms. The van der Waals surface area contributed by atoms with Crippen molar-refractivity contribution in [3.05, 3.63) is 83.6 Å². The maximum Gasteiger partial charge on any atom is 0.261 e. The second kappa shape index (κ2) is 9.40. The number of nitrogens with one attached hydrogen (secondary N) is 2. The average molecular weight is 432 g/mol. The van der Waals surface area contributed by atoms with E-state index in [1.54, 1.807) is 48.8 Å². The Morgan fingerprint density at radius 1 is 1.07 bits per heavy atom. The average Bonchev–Trinajstić information content (AvgIpc) is 2.72. The van der Waals surface area contributed by atoms with Crippen LogP contribution in [0.25, 0.3) is 0 Å². The molecule has 0 aliphatic heterocycles. The minimum atomic E-state index is -3.80. The first-order chi connectivity index (χ1) is 13.9. The van der Waals surface area contributed by atoms with Crippen molar-refractivity contribution in [2.24, 2.45) is 0 Å². The number of rotatable bonds is 8. The molecule has 0 aliphatic carbocycles. The van der Waals surface area contributed by atoms with Crippen LogP contribution >= 0.6 is 11.6 Å². The molecular weight excluding hydrogens is 414 g/mol. The van der Waals surface area contributed by atoms with Gasteiger partial charge in [0, 0.05) is 24.6 Å². The number of hydrogen-bond acceptors (Lipinski definition) is 5. The lowest BCUT2D eigenvalue weighted by Gasteiger charge is -2.11. The molecule has 3 rings (SSSR count). The number of hydrogen-bond donors (Lipinski definition) is 2. The second-order valence-corrected chi connectivity index (χ2v) is 8.08. The van der Waals surface area contributed by atoms with Gasteiger partial charge in [0.05, 0.1) is 9.92 Å². The molecule has 1 aromatic heterocycles. The fourth-order valence-corrected chi connectivity index (χ4v) is 3.77. The number of aromatic nitrogens is 1. The first-order valence-corrected chi connectivity index (χ1v) is 10.5. The van der Waals surface area contributed by atoms with Gasteiger partial charge in [0.15, 0.2) is 6.61 Å². The number of halogens is 1. The molecule has 3 aromatic rings. The molecule has 150 valence electrons. The predicted molar refractivity (Wildman–Crippen MR) is 110 cm³/mol. The Balaban J connectivity index is 1.58. The van der Waals surface area contributed by atoms with Gasteiger partial charge in [-0.1, -0.05) is 35.9 Å². The summed E-state index contributed by atoms with van der Waals surface area (Å²) in [6, 6.07) is 16.2. The van der Waals surface area contributed by atoms with Gasteiger partial charge >= 0.3 is 0 Å². The zero-order valence-corrected chi connectivity index (χ0v) is 16.8. The monoisotopic (exact) mass is 431 g/mol. The molecule has 0 saturated carbocycles. The SMILES string of the molecule is O=C(COc1ccc(S(=O)(=O)Nc2ccccc2)cc1Cl)NCc1cccnc1. The van der Waals surface area contributed by atoms with Gasteiger partial charge in [0.1, 0.15) is 5.75 Å². The molecule has 7 nitrogen and oxygen atoms in total. The van der Waals surface area contributed by atoms with E-state index in [-0.39, 0.29) is 28.2 Å². The number of amides is 1. The maximum absolute atomic E-state index is 12.5. The standard InChI is InChI=1S/C20H18ClN3O4S/c21-18-11-17(29(26,27)24-16-6-2-1-3-7-16)8-9-19(18)28-14-20(25)23-13-15-5-4-10-22-12-15/h1-12,24H,13-14H2,(H,23,25). The second-order valence-electron chi connectivity index (χ2n) is 5.99. The van der Waals surface area contributed by atoms with Crippen LogP contribution in [0.2, 0.25) is 5.02 Å². The molecule has 0 atom stereocenters. The number of ether oxygens (including phenoxy) is 1. The minimum absolute atomic E-state index is 0.0141. The van der Waals surface area contributed by atoms with Crippen molar-refractivity contribution in [3.63, 3.8) is 0 Å². The number of para-hydroxylation sites is 1. The van der Waals surface area contributed by atoms with Crippen LogP contribution in [0.4, 0.5) is 5.69 Å². The largest absolute Gasteiger partial charge is 0.482 e. The molecule has 0 unspecified atom stereocenters. The topological polar surface area (TPSA) is 97.4 Å². The first kappa shape index (κ1) is 20.6. The Morgan fingerprint density at radius 3 is 2.55 bits per heavy atom. The molecule has 0 radical (unpaired) electrons. The lowest BCUT2D eigenvalue weighted by atomic mass is 10.3. The third-order valence-electron chi connectivity index (χ3n) is 3.81. The van der Waals surface area contributed by atoms with E-state index in [0.29, 0.717) is 12.2 Å². The summed E-state index contributed by atoms with van der Waals surface area (Å²) >= 11 is 6.14. The summed E-state index contributed by atoms with van der Waals surface area (Å²) in [7, 11) is -3.80. The number of sulfonamides is 1. The molecule has 0 saturated heterocycles. The van der Waals surface area contributed by atoms with Gasteiger partial charge in [-0.3, -0.25) is 14.5 Å². The quantitative estimate of drug-likeness (QED) is 0.570. The lowest BCUT2D eigenvalue weighted by Crippen LogP contribution is -2.28. The number of carbonyl (C=O) groups is 1. The van der Waals surface area contributed by atoms with E-state index < -0.39 is 10.0 Å². The predicted octanol–water partition coefficient (Wildman–Crippen LogP) is 3.23. The summed E-state index contributed by atoms with van der Waals surface area (Å²) in [5.41, 5.74) is 1.30. The van der Waals surface area contributed by atoms with Crippen LogP contribution in [-0.2, 0) is 21.4 Å². The van der Waals surface area contributed by atoms with E-state index in [2.05, 4.69) is 15.0 Å². The molecule has 0 fully saturated rings. The molecule has 0 spiro atoms. The van der Waals surface area contributed by atoms with Crippen LogP contribution in [0.15, 0.2) is 78.0 Å². The van der Waals surface area contributed by atoms with E-state index >= 15 is 0 Å². The number of benzene rings is 2. The lowest BCUT2D eigenvalue weighted by molar-refractivity contribution is -0.123.